The summed E-state index contributed by atoms with van der Waals surface area (Å²) >= 11 is 0. The lowest BCUT2D eigenvalue weighted by atomic mass is 10.3. The maximum absolute atomic E-state index is 10.5. The molecule has 0 aliphatic rings. The summed E-state index contributed by atoms with van der Waals surface area (Å²) in [6.45, 7) is 2.35. The summed E-state index contributed by atoms with van der Waals surface area (Å²) in [5, 5.41) is 2.77. The summed E-state index contributed by atoms with van der Waals surface area (Å²) in [6, 6.07) is 0. The first-order chi connectivity index (χ1) is 5.63. The van der Waals surface area contributed by atoms with E-state index in [1.165, 1.54) is 0 Å². The smallest absolute Gasteiger partial charge is 0.216 e. The number of carbonyl (C=O) groups excluding carboxylic acids is 1. The third-order valence-electron chi connectivity index (χ3n) is 1.50. The van der Waals surface area contributed by atoms with Crippen LogP contribution in [0.3, 0.4) is 0 Å². The van der Waals surface area contributed by atoms with E-state index in [0.29, 0.717) is 0 Å². The van der Waals surface area contributed by atoms with Crippen molar-refractivity contribution < 1.29 is 9.37 Å². The predicted octanol–water partition coefficient (Wildman–Crippen LogP) is 0.636. The van der Waals surface area contributed by atoms with Gasteiger partial charge in [-0.2, -0.15) is 0 Å². The van der Waals surface area contributed by atoms with Crippen molar-refractivity contribution in [3.8, 4) is 0 Å². The Morgan fingerprint density at radius 1 is 1.42 bits per heavy atom. The van der Waals surface area contributed by atoms with Gasteiger partial charge in [-0.3, -0.25) is 4.79 Å². The van der Waals surface area contributed by atoms with E-state index in [1.807, 2.05) is 14.1 Å². The van der Waals surface area contributed by atoms with Gasteiger partial charge in [0, 0.05) is 19.9 Å². The van der Waals surface area contributed by atoms with Crippen LogP contribution in [0.25, 0.3) is 0 Å². The lowest BCUT2D eigenvalue weighted by molar-refractivity contribution is -0.460. The largest absolute Gasteiger partial charge is 0.356 e. The number of hydrogen-bond donors (Lipinski definition) is 1. The maximum Gasteiger partial charge on any atom is 0.216 e. The average Bonchev–Trinajstić information content (AvgIpc) is 1.95. The van der Waals surface area contributed by atoms with E-state index in [0.717, 1.165) is 25.8 Å². The van der Waals surface area contributed by atoms with E-state index < -0.39 is 0 Å². The highest BCUT2D eigenvalue weighted by Gasteiger charge is 1.91. The number of amides is 1. The van der Waals surface area contributed by atoms with Crippen molar-refractivity contribution in [2.45, 2.75) is 26.2 Å². The van der Waals surface area contributed by atoms with Crippen molar-refractivity contribution in [2.75, 3.05) is 20.6 Å². The zero-order valence-electron chi connectivity index (χ0n) is 8.26. The molecule has 3 nitrogen and oxygen atoms in total. The van der Waals surface area contributed by atoms with Crippen LogP contribution in [0.2, 0.25) is 0 Å². The number of carbonyl (C=O) groups is 1. The Morgan fingerprint density at radius 3 is 2.58 bits per heavy atom. The molecule has 0 aromatic rings. The summed E-state index contributed by atoms with van der Waals surface area (Å²) in [5.74, 6) is 0.0617. The quantitative estimate of drug-likeness (QED) is 0.214. The van der Waals surface area contributed by atoms with Gasteiger partial charge in [0.1, 0.15) is 20.3 Å². The SMILES string of the molecule is CC(=O)[15NH][13CH2]CCCC=[N+](C)[13CH3]. The summed E-state index contributed by atoms with van der Waals surface area (Å²) in [7, 11) is 4.04. The van der Waals surface area contributed by atoms with Crippen molar-refractivity contribution in [1.82, 2.24) is 5.32 Å². The lowest BCUT2D eigenvalue weighted by Gasteiger charge is -1.98. The van der Waals surface area contributed by atoms with Gasteiger partial charge in [-0.1, -0.05) is 0 Å². The zero-order valence-corrected chi connectivity index (χ0v) is 8.26. The molecule has 0 atom stereocenters. The molecule has 0 bridgehead atoms. The van der Waals surface area contributed by atoms with Crippen LogP contribution in [0.15, 0.2) is 0 Å². The van der Waals surface area contributed by atoms with E-state index in [2.05, 4.69) is 16.1 Å². The van der Waals surface area contributed by atoms with Gasteiger partial charge < -0.3 is 5.32 Å². The minimum Gasteiger partial charge on any atom is -0.356 e. The minimum atomic E-state index is 0.0617. The van der Waals surface area contributed by atoms with E-state index in [-0.39, 0.29) is 5.91 Å². The van der Waals surface area contributed by atoms with Gasteiger partial charge in [0.05, 0.1) is 0 Å². The molecule has 0 saturated heterocycles. The Labute approximate surface area is 74.5 Å². The van der Waals surface area contributed by atoms with Crippen LogP contribution in [-0.2, 0) is 4.79 Å². The summed E-state index contributed by atoms with van der Waals surface area (Å²) in [5.41, 5.74) is 0. The fraction of sp³-hybridized carbons (Fsp3) is 0.778. The molecule has 0 aliphatic heterocycles. The summed E-state index contributed by atoms with van der Waals surface area (Å²) in [6.07, 6.45) is 5.43. The van der Waals surface area contributed by atoms with Crippen LogP contribution in [0.4, 0.5) is 0 Å². The number of nitrogens with zero attached hydrogens (tertiary/aromatic N) is 1. The van der Waals surface area contributed by atoms with Crippen LogP contribution in [0.5, 0.6) is 0 Å². The van der Waals surface area contributed by atoms with Gasteiger partial charge in [-0.15, -0.1) is 0 Å². The Balaban J connectivity index is 3.11. The molecule has 1 amide bonds. The predicted molar refractivity (Wildman–Crippen MR) is 50.7 cm³/mol. The molecule has 0 aromatic carbocycles. The van der Waals surface area contributed by atoms with Gasteiger partial charge in [-0.25, -0.2) is 4.58 Å². The zero-order chi connectivity index (χ0) is 9.40. The molecule has 0 aliphatic carbocycles. The normalized spacial score (nSPS) is 11.4. The maximum atomic E-state index is 10.5. The number of nitrogens with one attached hydrogen (secondary N) is 1. The molecule has 1 N–H and O–H groups in total. The standard InChI is InChI=1S/C9H18N2O/c1-9(12)10-7-5-4-6-8-11(2)3/h8H,4-7H2,1-3H3/p+1/i2+1,7+1,10+1. The monoisotopic (exact) mass is 174 g/mol. The molecule has 0 saturated carbocycles. The molecule has 70 valence electrons. The van der Waals surface area contributed by atoms with Gasteiger partial charge in [0.15, 0.2) is 0 Å². The van der Waals surface area contributed by atoms with Crippen molar-refractivity contribution in [3.05, 3.63) is 0 Å². The number of hydrogen-bond acceptors (Lipinski definition) is 1. The minimum absolute atomic E-state index is 0.0617. The van der Waals surface area contributed by atoms with E-state index in [1.54, 1.807) is 6.92 Å². The Hall–Kier alpha value is -0.860. The fourth-order valence-electron chi connectivity index (χ4n) is 0.883. The molecule has 0 fully saturated rings. The van der Waals surface area contributed by atoms with Gasteiger partial charge in [-0.05, 0) is 12.8 Å². The molecule has 3 heteroatoms. The van der Waals surface area contributed by atoms with E-state index in [4.69, 9.17) is 0 Å². The first-order valence-electron chi connectivity index (χ1n) is 4.37. The van der Waals surface area contributed by atoms with Gasteiger partial charge >= 0.3 is 0 Å². The van der Waals surface area contributed by atoms with Crippen molar-refractivity contribution in [1.29, 1.82) is 0 Å². The topological polar surface area (TPSA) is 32.1 Å². The molecule has 0 radical (unpaired) electrons. The molecule has 0 rings (SSSR count). The highest BCUT2D eigenvalue weighted by molar-refractivity contribution is 5.72. The summed E-state index contributed by atoms with van der Waals surface area (Å²) in [4.78, 5) is 10.5. The Morgan fingerprint density at radius 2 is 2.08 bits per heavy atom. The molecular weight excluding hydrogens is 155 g/mol. The van der Waals surface area contributed by atoms with Crippen LogP contribution in [0, 0.1) is 0 Å². The number of rotatable bonds is 5. The van der Waals surface area contributed by atoms with Gasteiger partial charge in [0.2, 0.25) is 5.91 Å². The van der Waals surface area contributed by atoms with E-state index >= 15 is 0 Å². The van der Waals surface area contributed by atoms with E-state index in [9.17, 15) is 4.79 Å². The first kappa shape index (κ1) is 11.1. The molecular formula is C9H19N2O+. The Kier molecular flexibility index (Phi) is 6.34. The average molecular weight is 174 g/mol. The van der Waals surface area contributed by atoms with Crippen LogP contribution < -0.4 is 5.32 Å². The van der Waals surface area contributed by atoms with Gasteiger partial charge in [0.25, 0.3) is 0 Å². The first-order valence-corrected chi connectivity index (χ1v) is 4.37. The third kappa shape index (κ3) is 9.14. The van der Waals surface area contributed by atoms with Crippen LogP contribution in [-0.4, -0.2) is 37.3 Å². The molecule has 0 aromatic heterocycles. The van der Waals surface area contributed by atoms with Crippen LogP contribution in [0.1, 0.15) is 26.2 Å². The molecule has 0 spiro atoms. The second-order valence-corrected chi connectivity index (χ2v) is 3.12. The fourth-order valence-corrected chi connectivity index (χ4v) is 0.883. The second kappa shape index (κ2) is 6.83. The third-order valence-corrected chi connectivity index (χ3v) is 1.50. The number of unbranched alkanes of at least 4 members (excludes halogenated alkanes) is 2. The molecule has 0 unspecified atom stereocenters. The lowest BCUT2D eigenvalue weighted by Crippen LogP contribution is -2.20. The van der Waals surface area contributed by atoms with Crippen LogP contribution >= 0.6 is 0 Å². The van der Waals surface area contributed by atoms with Crippen molar-refractivity contribution >= 4 is 12.1 Å². The second-order valence-electron chi connectivity index (χ2n) is 3.12. The van der Waals surface area contributed by atoms with Crippen molar-refractivity contribution in [2.24, 2.45) is 0 Å². The summed E-state index contributed by atoms with van der Waals surface area (Å²) < 4.78 is 2.05. The highest BCUT2D eigenvalue weighted by Crippen LogP contribution is 1.90. The highest BCUT2D eigenvalue weighted by atomic mass is 16.2. The Bertz CT molecular complexity index is 160. The molecule has 12 heavy (non-hydrogen) atoms. The van der Waals surface area contributed by atoms with Crippen molar-refractivity contribution in [3.63, 3.8) is 0 Å². The molecule has 0 heterocycles.